The van der Waals surface area contributed by atoms with E-state index in [1.807, 2.05) is 20.8 Å². The molecule has 132 valence electrons. The first-order valence-electron chi connectivity index (χ1n) is 9.19. The summed E-state index contributed by atoms with van der Waals surface area (Å²) in [5.41, 5.74) is 5.94. The summed E-state index contributed by atoms with van der Waals surface area (Å²) in [7, 11) is 0. The van der Waals surface area contributed by atoms with Crippen LogP contribution in [0.15, 0.2) is 0 Å². The third-order valence-electron chi connectivity index (χ3n) is 5.39. The lowest BCUT2D eigenvalue weighted by molar-refractivity contribution is -0.131. The molecule has 2 saturated carbocycles. The van der Waals surface area contributed by atoms with Crippen LogP contribution < -0.4 is 16.4 Å². The molecule has 4 atom stereocenters. The Morgan fingerprint density at radius 2 is 1.83 bits per heavy atom. The molecule has 2 fully saturated rings. The SMILES string of the molecule is CC(C)NC(=O)C1CCCC(NC(=O)C2CCCCC2(C)N)C1. The summed E-state index contributed by atoms with van der Waals surface area (Å²) in [4.78, 5) is 24.8. The predicted molar refractivity (Wildman–Crippen MR) is 91.7 cm³/mol. The van der Waals surface area contributed by atoms with Gasteiger partial charge in [0.1, 0.15) is 0 Å². The Bertz CT molecular complexity index is 434. The number of hydrogen-bond donors (Lipinski definition) is 3. The number of carbonyl (C=O) groups is 2. The largest absolute Gasteiger partial charge is 0.354 e. The molecule has 0 aromatic heterocycles. The molecular weight excluding hydrogens is 290 g/mol. The summed E-state index contributed by atoms with van der Waals surface area (Å²) in [6.07, 6.45) is 7.60. The first kappa shape index (κ1) is 18.2. The van der Waals surface area contributed by atoms with Crippen molar-refractivity contribution in [3.63, 3.8) is 0 Å². The highest BCUT2D eigenvalue weighted by Crippen LogP contribution is 2.32. The maximum atomic E-state index is 12.6. The van der Waals surface area contributed by atoms with E-state index in [0.29, 0.717) is 0 Å². The second kappa shape index (κ2) is 7.65. The van der Waals surface area contributed by atoms with Gasteiger partial charge >= 0.3 is 0 Å². The van der Waals surface area contributed by atoms with Gasteiger partial charge in [-0.3, -0.25) is 9.59 Å². The van der Waals surface area contributed by atoms with E-state index in [1.165, 1.54) is 0 Å². The Morgan fingerprint density at radius 1 is 1.09 bits per heavy atom. The molecule has 4 unspecified atom stereocenters. The van der Waals surface area contributed by atoms with E-state index >= 15 is 0 Å². The molecular formula is C18H33N3O2. The van der Waals surface area contributed by atoms with Crippen LogP contribution in [-0.4, -0.2) is 29.4 Å². The Hall–Kier alpha value is -1.10. The number of carbonyl (C=O) groups excluding carboxylic acids is 2. The summed E-state index contributed by atoms with van der Waals surface area (Å²) in [5.74, 6) is 0.137. The maximum absolute atomic E-state index is 12.6. The number of rotatable bonds is 4. The van der Waals surface area contributed by atoms with Crippen LogP contribution in [0.4, 0.5) is 0 Å². The highest BCUT2D eigenvalue weighted by molar-refractivity contribution is 5.81. The predicted octanol–water partition coefficient (Wildman–Crippen LogP) is 2.09. The van der Waals surface area contributed by atoms with Crippen LogP contribution in [0.1, 0.15) is 72.1 Å². The van der Waals surface area contributed by atoms with Gasteiger partial charge in [0.05, 0.1) is 5.92 Å². The summed E-state index contributed by atoms with van der Waals surface area (Å²) in [6, 6.07) is 0.273. The quantitative estimate of drug-likeness (QED) is 0.740. The van der Waals surface area contributed by atoms with Crippen LogP contribution in [0.5, 0.6) is 0 Å². The average molecular weight is 323 g/mol. The van der Waals surface area contributed by atoms with Crippen LogP contribution >= 0.6 is 0 Å². The molecule has 23 heavy (non-hydrogen) atoms. The molecule has 2 aliphatic carbocycles. The van der Waals surface area contributed by atoms with Crippen molar-refractivity contribution in [2.45, 2.75) is 89.8 Å². The van der Waals surface area contributed by atoms with Crippen molar-refractivity contribution >= 4 is 11.8 Å². The van der Waals surface area contributed by atoms with E-state index in [1.54, 1.807) is 0 Å². The van der Waals surface area contributed by atoms with E-state index in [-0.39, 0.29) is 35.7 Å². The van der Waals surface area contributed by atoms with Crippen LogP contribution in [0.25, 0.3) is 0 Å². The molecule has 0 aliphatic heterocycles. The van der Waals surface area contributed by atoms with Crippen molar-refractivity contribution < 1.29 is 9.59 Å². The monoisotopic (exact) mass is 323 g/mol. The molecule has 2 amide bonds. The topological polar surface area (TPSA) is 84.2 Å². The minimum absolute atomic E-state index is 0.0204. The smallest absolute Gasteiger partial charge is 0.225 e. The number of nitrogens with two attached hydrogens (primary N) is 1. The summed E-state index contributed by atoms with van der Waals surface area (Å²) < 4.78 is 0. The van der Waals surface area contributed by atoms with Gasteiger partial charge in [0.2, 0.25) is 11.8 Å². The number of hydrogen-bond acceptors (Lipinski definition) is 3. The van der Waals surface area contributed by atoms with Gasteiger partial charge in [-0.05, 0) is 52.9 Å². The fraction of sp³-hybridized carbons (Fsp3) is 0.889. The molecule has 0 aromatic rings. The van der Waals surface area contributed by atoms with Crippen molar-refractivity contribution in [3.8, 4) is 0 Å². The number of nitrogens with one attached hydrogen (secondary N) is 2. The van der Waals surface area contributed by atoms with E-state index in [0.717, 1.165) is 51.4 Å². The van der Waals surface area contributed by atoms with Crippen molar-refractivity contribution in [2.24, 2.45) is 17.6 Å². The average Bonchev–Trinajstić information content (AvgIpc) is 2.46. The van der Waals surface area contributed by atoms with Crippen LogP contribution in [0.3, 0.4) is 0 Å². The summed E-state index contributed by atoms with van der Waals surface area (Å²) in [5, 5.41) is 6.17. The Balaban J connectivity index is 1.89. The molecule has 5 nitrogen and oxygen atoms in total. The van der Waals surface area contributed by atoms with Crippen molar-refractivity contribution in [1.82, 2.24) is 10.6 Å². The lowest BCUT2D eigenvalue weighted by Crippen LogP contribution is -2.55. The highest BCUT2D eigenvalue weighted by atomic mass is 16.2. The zero-order valence-corrected chi connectivity index (χ0v) is 14.9. The van der Waals surface area contributed by atoms with Gasteiger partial charge in [-0.2, -0.15) is 0 Å². The second-order valence-corrected chi connectivity index (χ2v) is 8.04. The lowest BCUT2D eigenvalue weighted by Gasteiger charge is -2.39. The third-order valence-corrected chi connectivity index (χ3v) is 5.39. The summed E-state index contributed by atoms with van der Waals surface area (Å²) in [6.45, 7) is 5.95. The van der Waals surface area contributed by atoms with Gasteiger partial charge in [0.15, 0.2) is 0 Å². The molecule has 0 radical (unpaired) electrons. The van der Waals surface area contributed by atoms with Gasteiger partial charge in [0.25, 0.3) is 0 Å². The molecule has 0 saturated heterocycles. The second-order valence-electron chi connectivity index (χ2n) is 8.04. The van der Waals surface area contributed by atoms with Gasteiger partial charge in [-0.1, -0.05) is 19.3 Å². The first-order chi connectivity index (χ1) is 10.8. The zero-order chi connectivity index (χ0) is 17.0. The maximum Gasteiger partial charge on any atom is 0.225 e. The lowest BCUT2D eigenvalue weighted by atomic mass is 9.74. The standard InChI is InChI=1S/C18H33N3O2/c1-12(2)20-16(22)13-7-6-8-14(11-13)21-17(23)15-9-4-5-10-18(15,3)19/h12-15H,4-11,19H2,1-3H3,(H,20,22)(H,21,23). The van der Waals surface area contributed by atoms with E-state index in [9.17, 15) is 9.59 Å². The molecule has 0 aromatic carbocycles. The fourth-order valence-corrected chi connectivity index (χ4v) is 4.05. The van der Waals surface area contributed by atoms with Gasteiger partial charge in [0, 0.05) is 23.5 Å². The Labute approximate surface area is 140 Å². The zero-order valence-electron chi connectivity index (χ0n) is 14.9. The van der Waals surface area contributed by atoms with E-state index < -0.39 is 5.54 Å². The molecule has 2 aliphatic rings. The van der Waals surface area contributed by atoms with E-state index in [4.69, 9.17) is 5.73 Å². The minimum Gasteiger partial charge on any atom is -0.354 e. The first-order valence-corrected chi connectivity index (χ1v) is 9.19. The van der Waals surface area contributed by atoms with Gasteiger partial charge < -0.3 is 16.4 Å². The molecule has 2 rings (SSSR count). The number of amides is 2. The fourth-order valence-electron chi connectivity index (χ4n) is 4.05. The summed E-state index contributed by atoms with van der Waals surface area (Å²) >= 11 is 0. The Morgan fingerprint density at radius 3 is 2.48 bits per heavy atom. The molecule has 0 bridgehead atoms. The van der Waals surface area contributed by atoms with Crippen LogP contribution in [0, 0.1) is 11.8 Å². The van der Waals surface area contributed by atoms with Crippen LogP contribution in [-0.2, 0) is 9.59 Å². The van der Waals surface area contributed by atoms with Gasteiger partial charge in [-0.25, -0.2) is 0 Å². The van der Waals surface area contributed by atoms with Crippen molar-refractivity contribution in [3.05, 3.63) is 0 Å². The molecule has 0 heterocycles. The van der Waals surface area contributed by atoms with Crippen molar-refractivity contribution in [1.29, 1.82) is 0 Å². The third kappa shape index (κ3) is 4.93. The Kier molecular flexibility index (Phi) is 6.06. The highest BCUT2D eigenvalue weighted by Gasteiger charge is 2.39. The molecule has 4 N–H and O–H groups in total. The molecule has 0 spiro atoms. The minimum atomic E-state index is -0.397. The van der Waals surface area contributed by atoms with Crippen LogP contribution in [0.2, 0.25) is 0 Å². The molecule has 5 heteroatoms. The van der Waals surface area contributed by atoms with Gasteiger partial charge in [-0.15, -0.1) is 0 Å². The van der Waals surface area contributed by atoms with Crippen molar-refractivity contribution in [2.75, 3.05) is 0 Å². The normalized spacial score (nSPS) is 34.9. The van der Waals surface area contributed by atoms with E-state index in [2.05, 4.69) is 10.6 Å².